The van der Waals surface area contributed by atoms with Gasteiger partial charge in [-0.15, -0.1) is 0 Å². The van der Waals surface area contributed by atoms with E-state index in [1.807, 2.05) is 19.3 Å². The number of nitrogens with zero attached hydrogens (tertiary/aromatic N) is 1. The highest BCUT2D eigenvalue weighted by molar-refractivity contribution is 5.76. The molecule has 3 nitrogen and oxygen atoms in total. The lowest BCUT2D eigenvalue weighted by Gasteiger charge is -2.05. The van der Waals surface area contributed by atoms with Crippen molar-refractivity contribution in [3.63, 3.8) is 0 Å². The SMILES string of the molecule is CCCCNC(=O)CCc1cccn1C. The Morgan fingerprint density at radius 3 is 2.93 bits per heavy atom. The second-order valence-corrected chi connectivity index (χ2v) is 3.81. The Morgan fingerprint density at radius 2 is 2.33 bits per heavy atom. The fourth-order valence-corrected chi connectivity index (χ4v) is 1.49. The van der Waals surface area contributed by atoms with E-state index in [-0.39, 0.29) is 5.91 Å². The summed E-state index contributed by atoms with van der Waals surface area (Å²) in [5.41, 5.74) is 1.21. The molecule has 0 spiro atoms. The van der Waals surface area contributed by atoms with Gasteiger partial charge in [0.15, 0.2) is 0 Å². The van der Waals surface area contributed by atoms with Crippen LogP contribution in [0.2, 0.25) is 0 Å². The maximum atomic E-state index is 11.4. The van der Waals surface area contributed by atoms with Crippen LogP contribution in [0.4, 0.5) is 0 Å². The third-order valence-corrected chi connectivity index (χ3v) is 2.51. The number of carbonyl (C=O) groups is 1. The van der Waals surface area contributed by atoms with Gasteiger partial charge in [0, 0.05) is 31.9 Å². The number of nitrogens with one attached hydrogen (secondary N) is 1. The van der Waals surface area contributed by atoms with Gasteiger partial charge >= 0.3 is 0 Å². The Morgan fingerprint density at radius 1 is 1.53 bits per heavy atom. The number of aryl methyl sites for hydroxylation is 2. The molecule has 0 aliphatic rings. The molecule has 0 bridgehead atoms. The molecule has 1 aromatic rings. The first-order chi connectivity index (χ1) is 7.24. The maximum Gasteiger partial charge on any atom is 0.220 e. The van der Waals surface area contributed by atoms with Crippen LogP contribution < -0.4 is 5.32 Å². The second kappa shape index (κ2) is 6.27. The van der Waals surface area contributed by atoms with Gasteiger partial charge in [0.25, 0.3) is 0 Å². The van der Waals surface area contributed by atoms with Crippen LogP contribution in [0.5, 0.6) is 0 Å². The third-order valence-electron chi connectivity index (χ3n) is 2.51. The van der Waals surface area contributed by atoms with E-state index in [2.05, 4.69) is 22.9 Å². The first kappa shape index (κ1) is 11.8. The molecule has 1 rings (SSSR count). The van der Waals surface area contributed by atoms with Crippen LogP contribution in [0.15, 0.2) is 18.3 Å². The summed E-state index contributed by atoms with van der Waals surface area (Å²) in [4.78, 5) is 11.4. The van der Waals surface area contributed by atoms with E-state index in [1.54, 1.807) is 0 Å². The van der Waals surface area contributed by atoms with E-state index in [9.17, 15) is 4.79 Å². The molecule has 0 aliphatic heterocycles. The maximum absolute atomic E-state index is 11.4. The molecule has 1 amide bonds. The van der Waals surface area contributed by atoms with E-state index in [4.69, 9.17) is 0 Å². The van der Waals surface area contributed by atoms with Crippen LogP contribution in [0, 0.1) is 0 Å². The molecule has 0 radical (unpaired) electrons. The fraction of sp³-hybridized carbons (Fsp3) is 0.583. The summed E-state index contributed by atoms with van der Waals surface area (Å²) < 4.78 is 2.05. The van der Waals surface area contributed by atoms with Gasteiger partial charge in [-0.05, 0) is 25.0 Å². The predicted octanol–water partition coefficient (Wildman–Crippen LogP) is 1.87. The van der Waals surface area contributed by atoms with Crippen LogP contribution in [0.25, 0.3) is 0 Å². The van der Waals surface area contributed by atoms with Gasteiger partial charge in [-0.3, -0.25) is 4.79 Å². The summed E-state index contributed by atoms with van der Waals surface area (Å²) in [5.74, 6) is 0.157. The molecule has 0 saturated carbocycles. The van der Waals surface area contributed by atoms with Crippen LogP contribution >= 0.6 is 0 Å². The number of aromatic nitrogens is 1. The van der Waals surface area contributed by atoms with Crippen molar-refractivity contribution in [1.29, 1.82) is 0 Å². The first-order valence-electron chi connectivity index (χ1n) is 5.61. The van der Waals surface area contributed by atoms with Gasteiger partial charge in [0.2, 0.25) is 5.91 Å². The molecular formula is C12H20N2O. The largest absolute Gasteiger partial charge is 0.356 e. The summed E-state index contributed by atoms with van der Waals surface area (Å²) in [5, 5.41) is 2.92. The second-order valence-electron chi connectivity index (χ2n) is 3.81. The lowest BCUT2D eigenvalue weighted by Crippen LogP contribution is -2.24. The quantitative estimate of drug-likeness (QED) is 0.711. The fourth-order valence-electron chi connectivity index (χ4n) is 1.49. The Hall–Kier alpha value is -1.25. The number of carbonyl (C=O) groups excluding carboxylic acids is 1. The van der Waals surface area contributed by atoms with Crippen molar-refractivity contribution < 1.29 is 4.79 Å². The van der Waals surface area contributed by atoms with E-state index in [0.29, 0.717) is 6.42 Å². The van der Waals surface area contributed by atoms with Gasteiger partial charge < -0.3 is 9.88 Å². The monoisotopic (exact) mass is 208 g/mol. The average Bonchev–Trinajstić information content (AvgIpc) is 2.61. The molecule has 84 valence electrons. The first-order valence-corrected chi connectivity index (χ1v) is 5.61. The zero-order valence-corrected chi connectivity index (χ0v) is 9.62. The van der Waals surface area contributed by atoms with Crippen LogP contribution in [-0.4, -0.2) is 17.0 Å². The number of rotatable bonds is 6. The summed E-state index contributed by atoms with van der Waals surface area (Å²) in [7, 11) is 2.00. The molecule has 1 heterocycles. The van der Waals surface area contributed by atoms with E-state index < -0.39 is 0 Å². The summed E-state index contributed by atoms with van der Waals surface area (Å²) in [6.07, 6.45) is 5.60. The summed E-state index contributed by atoms with van der Waals surface area (Å²) in [6.45, 7) is 2.93. The predicted molar refractivity (Wildman–Crippen MR) is 61.7 cm³/mol. The number of unbranched alkanes of at least 4 members (excludes halogenated alkanes) is 1. The lowest BCUT2D eigenvalue weighted by molar-refractivity contribution is -0.121. The van der Waals surface area contributed by atoms with E-state index in [0.717, 1.165) is 25.8 Å². The number of hydrogen-bond donors (Lipinski definition) is 1. The van der Waals surface area contributed by atoms with Crippen molar-refractivity contribution in [2.45, 2.75) is 32.6 Å². The molecule has 0 saturated heterocycles. The highest BCUT2D eigenvalue weighted by atomic mass is 16.1. The minimum absolute atomic E-state index is 0.157. The average molecular weight is 208 g/mol. The van der Waals surface area contributed by atoms with Gasteiger partial charge in [0.1, 0.15) is 0 Å². The normalized spacial score (nSPS) is 10.3. The van der Waals surface area contributed by atoms with Crippen LogP contribution in [0.1, 0.15) is 31.9 Å². The Labute approximate surface area is 91.5 Å². The minimum atomic E-state index is 0.157. The highest BCUT2D eigenvalue weighted by Crippen LogP contribution is 2.02. The molecular weight excluding hydrogens is 188 g/mol. The van der Waals surface area contributed by atoms with Crippen molar-refractivity contribution in [2.75, 3.05) is 6.54 Å². The molecule has 0 fully saturated rings. The summed E-state index contributed by atoms with van der Waals surface area (Å²) >= 11 is 0. The standard InChI is InChI=1S/C12H20N2O/c1-3-4-9-13-12(15)8-7-11-6-5-10-14(11)2/h5-6,10H,3-4,7-9H2,1-2H3,(H,13,15). The van der Waals surface area contributed by atoms with Crippen molar-refractivity contribution in [3.8, 4) is 0 Å². The van der Waals surface area contributed by atoms with Gasteiger partial charge in [-0.25, -0.2) is 0 Å². The smallest absolute Gasteiger partial charge is 0.220 e. The minimum Gasteiger partial charge on any atom is -0.356 e. The molecule has 15 heavy (non-hydrogen) atoms. The van der Waals surface area contributed by atoms with Gasteiger partial charge in [-0.2, -0.15) is 0 Å². The van der Waals surface area contributed by atoms with Gasteiger partial charge in [-0.1, -0.05) is 13.3 Å². The Bertz CT molecular complexity index is 304. The van der Waals surface area contributed by atoms with Crippen molar-refractivity contribution in [2.24, 2.45) is 7.05 Å². The molecule has 1 aromatic heterocycles. The molecule has 0 atom stereocenters. The molecule has 3 heteroatoms. The van der Waals surface area contributed by atoms with Crippen molar-refractivity contribution in [3.05, 3.63) is 24.0 Å². The van der Waals surface area contributed by atoms with Crippen molar-refractivity contribution in [1.82, 2.24) is 9.88 Å². The Kier molecular flexibility index (Phi) is 4.95. The number of amides is 1. The third kappa shape index (κ3) is 4.19. The zero-order valence-electron chi connectivity index (χ0n) is 9.62. The summed E-state index contributed by atoms with van der Waals surface area (Å²) in [6, 6.07) is 4.06. The highest BCUT2D eigenvalue weighted by Gasteiger charge is 2.02. The molecule has 0 aromatic carbocycles. The van der Waals surface area contributed by atoms with E-state index >= 15 is 0 Å². The van der Waals surface area contributed by atoms with Crippen LogP contribution in [-0.2, 0) is 18.3 Å². The Balaban J connectivity index is 2.20. The molecule has 0 aliphatic carbocycles. The number of hydrogen-bond acceptors (Lipinski definition) is 1. The zero-order chi connectivity index (χ0) is 11.1. The lowest BCUT2D eigenvalue weighted by atomic mass is 10.2. The van der Waals surface area contributed by atoms with Gasteiger partial charge in [0.05, 0.1) is 0 Å². The molecule has 1 N–H and O–H groups in total. The molecule has 0 unspecified atom stereocenters. The topological polar surface area (TPSA) is 34.0 Å². The van der Waals surface area contributed by atoms with E-state index in [1.165, 1.54) is 5.69 Å². The van der Waals surface area contributed by atoms with Crippen molar-refractivity contribution >= 4 is 5.91 Å². The van der Waals surface area contributed by atoms with Crippen LogP contribution in [0.3, 0.4) is 0 Å².